The Morgan fingerprint density at radius 3 is 2.05 bits per heavy atom. The van der Waals surface area contributed by atoms with Crippen LogP contribution in [0.3, 0.4) is 0 Å². The number of aromatic hydroxyl groups is 1. The zero-order valence-corrected chi connectivity index (χ0v) is 14.6. The Balaban J connectivity index is 3.42. The van der Waals surface area contributed by atoms with E-state index in [2.05, 4.69) is 53.7 Å². The second kappa shape index (κ2) is 6.21. The molecule has 0 aliphatic heterocycles. The number of phenolic OH excluding ortho intramolecular Hbond substituents is 1. The van der Waals surface area contributed by atoms with Crippen LogP contribution in [-0.2, 0) is 22.0 Å². The van der Waals surface area contributed by atoms with Gasteiger partial charge in [-0.2, -0.15) is 0 Å². The van der Waals surface area contributed by atoms with Crippen molar-refractivity contribution in [1.29, 1.82) is 0 Å². The molecule has 118 valence electrons. The second-order valence-corrected chi connectivity index (χ2v) is 7.73. The summed E-state index contributed by atoms with van der Waals surface area (Å²) in [4.78, 5) is 11.3. The van der Waals surface area contributed by atoms with Crippen LogP contribution in [0.5, 0.6) is 5.75 Å². The standard InChI is InChI=1S/C19H30O2/c1-8-19(6,7)16-12-14(10-9-13(2)20)11-15(17(16)21)18(3,4)5/h11-12,21H,8-10H2,1-7H3. The number of phenols is 1. The van der Waals surface area contributed by atoms with Crippen LogP contribution in [0.4, 0.5) is 0 Å². The van der Waals surface area contributed by atoms with Crippen LogP contribution in [0.15, 0.2) is 12.1 Å². The number of ketones is 1. The van der Waals surface area contributed by atoms with Gasteiger partial charge in [0.2, 0.25) is 0 Å². The smallest absolute Gasteiger partial charge is 0.130 e. The molecule has 0 saturated heterocycles. The molecule has 0 bridgehead atoms. The molecule has 21 heavy (non-hydrogen) atoms. The van der Waals surface area contributed by atoms with Crippen LogP contribution in [-0.4, -0.2) is 10.9 Å². The first-order valence-corrected chi connectivity index (χ1v) is 7.85. The number of Topliss-reactive ketones (excluding diaryl/α,β-unsaturated/α-hetero) is 1. The summed E-state index contributed by atoms with van der Waals surface area (Å²) in [6, 6.07) is 4.14. The Kier molecular flexibility index (Phi) is 5.25. The van der Waals surface area contributed by atoms with E-state index in [0.29, 0.717) is 12.2 Å². The maximum Gasteiger partial charge on any atom is 0.130 e. The fraction of sp³-hybridized carbons (Fsp3) is 0.632. The highest BCUT2D eigenvalue weighted by molar-refractivity contribution is 5.75. The molecular formula is C19H30O2. The maximum atomic E-state index is 11.3. The quantitative estimate of drug-likeness (QED) is 0.837. The minimum Gasteiger partial charge on any atom is -0.507 e. The van der Waals surface area contributed by atoms with Gasteiger partial charge in [-0.25, -0.2) is 0 Å². The lowest BCUT2D eigenvalue weighted by Gasteiger charge is -2.30. The first kappa shape index (κ1) is 17.7. The first-order valence-electron chi connectivity index (χ1n) is 7.85. The third kappa shape index (κ3) is 4.33. The number of hydrogen-bond donors (Lipinski definition) is 1. The van der Waals surface area contributed by atoms with Crippen molar-refractivity contribution in [1.82, 2.24) is 0 Å². The third-order valence-corrected chi connectivity index (χ3v) is 4.36. The minimum atomic E-state index is -0.116. The Labute approximate surface area is 129 Å². The molecule has 1 aromatic carbocycles. The Morgan fingerprint density at radius 1 is 1.10 bits per heavy atom. The van der Waals surface area contributed by atoms with Crippen molar-refractivity contribution in [2.75, 3.05) is 0 Å². The van der Waals surface area contributed by atoms with Gasteiger partial charge in [0.25, 0.3) is 0 Å². The lowest BCUT2D eigenvalue weighted by Crippen LogP contribution is -2.20. The average Bonchev–Trinajstić information content (AvgIpc) is 2.35. The number of carbonyl (C=O) groups excluding carboxylic acids is 1. The molecule has 0 aliphatic carbocycles. The molecule has 0 atom stereocenters. The van der Waals surface area contributed by atoms with Gasteiger partial charge in [-0.3, -0.25) is 0 Å². The van der Waals surface area contributed by atoms with E-state index in [1.54, 1.807) is 6.92 Å². The van der Waals surface area contributed by atoms with E-state index in [9.17, 15) is 9.90 Å². The van der Waals surface area contributed by atoms with Crippen LogP contribution < -0.4 is 0 Å². The highest BCUT2D eigenvalue weighted by Crippen LogP contribution is 2.41. The van der Waals surface area contributed by atoms with Crippen molar-refractivity contribution >= 4 is 5.78 Å². The van der Waals surface area contributed by atoms with Crippen LogP contribution in [0.25, 0.3) is 0 Å². The number of carbonyl (C=O) groups is 1. The van der Waals surface area contributed by atoms with E-state index in [-0.39, 0.29) is 16.6 Å². The molecule has 0 unspecified atom stereocenters. The molecule has 2 heteroatoms. The fourth-order valence-electron chi connectivity index (χ4n) is 2.44. The van der Waals surface area contributed by atoms with Gasteiger partial charge in [0.05, 0.1) is 0 Å². The maximum absolute atomic E-state index is 11.3. The SMILES string of the molecule is CCC(C)(C)c1cc(CCC(C)=O)cc(C(C)(C)C)c1O. The van der Waals surface area contributed by atoms with Gasteiger partial charge < -0.3 is 9.90 Å². The van der Waals surface area contributed by atoms with Crippen molar-refractivity contribution in [2.24, 2.45) is 0 Å². The van der Waals surface area contributed by atoms with Crippen LogP contribution in [0.2, 0.25) is 0 Å². The molecule has 1 N–H and O–H groups in total. The lowest BCUT2D eigenvalue weighted by molar-refractivity contribution is -0.116. The van der Waals surface area contributed by atoms with Crippen LogP contribution >= 0.6 is 0 Å². The summed E-state index contributed by atoms with van der Waals surface area (Å²) in [5, 5.41) is 10.7. The molecular weight excluding hydrogens is 260 g/mol. The summed E-state index contributed by atoms with van der Waals surface area (Å²) in [6.07, 6.45) is 2.26. The van der Waals surface area contributed by atoms with E-state index < -0.39 is 0 Å². The number of rotatable bonds is 5. The number of aryl methyl sites for hydroxylation is 1. The van der Waals surface area contributed by atoms with Gasteiger partial charge in [0.1, 0.15) is 11.5 Å². The minimum absolute atomic E-state index is 0.0731. The molecule has 0 aliphatic rings. The molecule has 0 spiro atoms. The summed E-state index contributed by atoms with van der Waals surface area (Å²) in [6.45, 7) is 14.4. The topological polar surface area (TPSA) is 37.3 Å². The fourth-order valence-corrected chi connectivity index (χ4v) is 2.44. The Bertz CT molecular complexity index is 519. The third-order valence-electron chi connectivity index (χ3n) is 4.36. The largest absolute Gasteiger partial charge is 0.507 e. The van der Waals surface area contributed by atoms with E-state index in [4.69, 9.17) is 0 Å². The Morgan fingerprint density at radius 2 is 1.62 bits per heavy atom. The van der Waals surface area contributed by atoms with Crippen LogP contribution in [0.1, 0.15) is 78.0 Å². The summed E-state index contributed by atoms with van der Waals surface area (Å²) >= 11 is 0. The van der Waals surface area contributed by atoms with E-state index in [0.717, 1.165) is 29.5 Å². The zero-order chi connectivity index (χ0) is 16.4. The van der Waals surface area contributed by atoms with Gasteiger partial charge in [0, 0.05) is 12.0 Å². The van der Waals surface area contributed by atoms with Gasteiger partial charge >= 0.3 is 0 Å². The van der Waals surface area contributed by atoms with Gasteiger partial charge in [-0.05, 0) is 41.7 Å². The predicted molar refractivity (Wildman–Crippen MR) is 89.1 cm³/mol. The molecule has 0 amide bonds. The van der Waals surface area contributed by atoms with E-state index in [1.807, 2.05) is 0 Å². The molecule has 0 saturated carbocycles. The highest BCUT2D eigenvalue weighted by atomic mass is 16.3. The van der Waals surface area contributed by atoms with Crippen molar-refractivity contribution < 1.29 is 9.90 Å². The second-order valence-electron chi connectivity index (χ2n) is 7.73. The van der Waals surface area contributed by atoms with Gasteiger partial charge in [0.15, 0.2) is 0 Å². The number of hydrogen-bond acceptors (Lipinski definition) is 2. The average molecular weight is 290 g/mol. The monoisotopic (exact) mass is 290 g/mol. The summed E-state index contributed by atoms with van der Waals surface area (Å²) in [7, 11) is 0. The predicted octanol–water partition coefficient (Wildman–Crippen LogP) is 4.90. The molecule has 0 fully saturated rings. The normalized spacial score (nSPS) is 12.5. The molecule has 1 rings (SSSR count). The van der Waals surface area contributed by atoms with E-state index in [1.165, 1.54) is 0 Å². The molecule has 0 aromatic heterocycles. The highest BCUT2D eigenvalue weighted by Gasteiger charge is 2.28. The van der Waals surface area contributed by atoms with Crippen molar-refractivity contribution in [3.8, 4) is 5.75 Å². The van der Waals surface area contributed by atoms with Gasteiger partial charge in [-0.1, -0.05) is 53.7 Å². The van der Waals surface area contributed by atoms with Crippen LogP contribution in [0, 0.1) is 0 Å². The van der Waals surface area contributed by atoms with Gasteiger partial charge in [-0.15, -0.1) is 0 Å². The summed E-state index contributed by atoms with van der Waals surface area (Å²) < 4.78 is 0. The van der Waals surface area contributed by atoms with Crippen molar-refractivity contribution in [3.05, 3.63) is 28.8 Å². The Hall–Kier alpha value is -1.31. The summed E-state index contributed by atoms with van der Waals surface area (Å²) in [5.74, 6) is 0.623. The molecule has 2 nitrogen and oxygen atoms in total. The molecule has 0 radical (unpaired) electrons. The van der Waals surface area contributed by atoms with E-state index >= 15 is 0 Å². The zero-order valence-electron chi connectivity index (χ0n) is 14.6. The summed E-state index contributed by atoms with van der Waals surface area (Å²) in [5.41, 5.74) is 2.92. The lowest BCUT2D eigenvalue weighted by atomic mass is 9.76. The molecule has 0 heterocycles. The first-order chi connectivity index (χ1) is 9.49. The number of benzene rings is 1. The molecule has 1 aromatic rings. The van der Waals surface area contributed by atoms with Crippen molar-refractivity contribution in [2.45, 2.75) is 78.6 Å². The van der Waals surface area contributed by atoms with Crippen molar-refractivity contribution in [3.63, 3.8) is 0 Å².